The molecule has 4 aromatic rings. The fraction of sp³-hybridized carbons (Fsp3) is 0.480. The van der Waals surface area contributed by atoms with Crippen LogP contribution in [0, 0.1) is 34.9 Å². The van der Waals surface area contributed by atoms with Gasteiger partial charge in [0.15, 0.2) is 23.3 Å². The van der Waals surface area contributed by atoms with Gasteiger partial charge in [0.25, 0.3) is 31.9 Å². The highest BCUT2D eigenvalue weighted by atomic mass is 32.2. The second-order valence-corrected chi connectivity index (χ2v) is 24.7. The van der Waals surface area contributed by atoms with Crippen molar-refractivity contribution >= 4 is 66.8 Å². The van der Waals surface area contributed by atoms with Crippen LogP contribution in [0.1, 0.15) is 70.8 Å². The average molecular weight is 1120 g/mol. The minimum Gasteiger partial charge on any atom is -0.377 e. The van der Waals surface area contributed by atoms with E-state index in [1.54, 1.807) is 31.3 Å². The number of sulfonamides is 2. The molecule has 4 aromatic carbocycles. The molecule has 0 spiro atoms. The molecule has 14 nitrogen and oxygen atoms in total. The molecule has 24 heteroatoms. The zero-order chi connectivity index (χ0) is 54.0. The van der Waals surface area contributed by atoms with E-state index in [1.807, 2.05) is 33.3 Å². The first-order chi connectivity index (χ1) is 34.9. The molecule has 2 amide bonds. The Labute approximate surface area is 437 Å². The SMILES string of the molecule is CN(C)CC[C@H](CCSc1ccc(CN(C)CC[C@H](CSc2ccc(F)cc2)Nc2c(F)cc(S(=O)(=O)NC(=O)C3(C)CCCO3)cc2F)cc1F)Nc1c(F)cc(S(=O)(=O)NC(=O)C2(C)CCCCO2)cc1F. The normalized spacial score (nSPS) is 19.1. The summed E-state index contributed by atoms with van der Waals surface area (Å²) in [5.74, 6) is -7.04. The lowest BCUT2D eigenvalue weighted by atomic mass is 9.95. The third-order valence-electron chi connectivity index (χ3n) is 12.7. The lowest BCUT2D eigenvalue weighted by molar-refractivity contribution is -0.148. The van der Waals surface area contributed by atoms with Crippen molar-refractivity contribution in [1.82, 2.24) is 19.2 Å². The molecule has 6 rings (SSSR count). The van der Waals surface area contributed by atoms with Gasteiger partial charge in [-0.1, -0.05) is 6.07 Å². The molecule has 74 heavy (non-hydrogen) atoms. The highest BCUT2D eigenvalue weighted by molar-refractivity contribution is 7.99. The maximum Gasteiger partial charge on any atom is 0.265 e. The second kappa shape index (κ2) is 25.5. The number of carbonyl (C=O) groups is 2. The van der Waals surface area contributed by atoms with E-state index < -0.39 is 111 Å². The Morgan fingerprint density at radius 3 is 1.65 bits per heavy atom. The number of halogens is 6. The van der Waals surface area contributed by atoms with Crippen molar-refractivity contribution in [2.75, 3.05) is 69.6 Å². The molecule has 2 saturated heterocycles. The van der Waals surface area contributed by atoms with Gasteiger partial charge in [-0.25, -0.2) is 52.6 Å². The zero-order valence-electron chi connectivity index (χ0n) is 41.7. The number of nitrogens with zero attached hydrogens (tertiary/aromatic N) is 2. The first kappa shape index (κ1) is 58.7. The zero-order valence-corrected chi connectivity index (χ0v) is 44.9. The average Bonchev–Trinajstić information content (AvgIpc) is 3.79. The van der Waals surface area contributed by atoms with Gasteiger partial charge in [-0.2, -0.15) is 0 Å². The third kappa shape index (κ3) is 16.0. The Balaban J connectivity index is 1.06. The van der Waals surface area contributed by atoms with Gasteiger partial charge in [0.2, 0.25) is 0 Å². The first-order valence-corrected chi connectivity index (χ1v) is 28.9. The van der Waals surface area contributed by atoms with Crippen LogP contribution in [0.2, 0.25) is 0 Å². The first-order valence-electron chi connectivity index (χ1n) is 23.9. The Hall–Kier alpha value is -4.56. The van der Waals surface area contributed by atoms with Gasteiger partial charge in [0.05, 0.1) is 9.79 Å². The summed E-state index contributed by atoms with van der Waals surface area (Å²) in [5, 5.41) is 5.74. The number of nitrogens with one attached hydrogen (secondary N) is 4. The number of benzene rings is 4. The number of hydrogen-bond donors (Lipinski definition) is 4. The molecule has 4 atom stereocenters. The van der Waals surface area contributed by atoms with Crippen molar-refractivity contribution in [2.45, 2.75) is 115 Å². The van der Waals surface area contributed by atoms with Crippen LogP contribution < -0.4 is 20.1 Å². The van der Waals surface area contributed by atoms with Crippen molar-refractivity contribution in [3.8, 4) is 0 Å². The summed E-state index contributed by atoms with van der Waals surface area (Å²) in [5.41, 5.74) is -3.32. The van der Waals surface area contributed by atoms with Crippen LogP contribution in [0.15, 0.2) is 86.3 Å². The van der Waals surface area contributed by atoms with Gasteiger partial charge in [-0.05, 0) is 159 Å². The molecular weight excluding hydrogens is 1050 g/mol. The molecule has 2 aliphatic rings. The maximum absolute atomic E-state index is 15.6. The summed E-state index contributed by atoms with van der Waals surface area (Å²) < 4.78 is 159. The van der Waals surface area contributed by atoms with E-state index in [2.05, 4.69) is 10.6 Å². The van der Waals surface area contributed by atoms with Gasteiger partial charge in [0, 0.05) is 59.7 Å². The Morgan fingerprint density at radius 2 is 1.15 bits per heavy atom. The largest absolute Gasteiger partial charge is 0.377 e. The minimum atomic E-state index is -4.68. The van der Waals surface area contributed by atoms with Crippen molar-refractivity contribution in [1.29, 1.82) is 0 Å². The highest BCUT2D eigenvalue weighted by Gasteiger charge is 2.41. The third-order valence-corrected chi connectivity index (χ3v) is 17.5. The number of ether oxygens (including phenoxy) is 2. The standard InChI is InChI=1S/C50H62F6N6O8S4/c1-49(18-6-7-22-69-49)47(63)59-73(65,66)37-26-40(53)45(41(54)27-37)57-34(15-20-61(3)4)17-24-71-44-14-9-32(25-39(44)52)30-62(5)21-16-35(31-72-36-12-10-33(51)11-13-36)58-46-42(55)28-38(29-43(46)56)74(67,68)60-48(64)50(2)19-8-23-70-50/h9-14,25-29,34-35,57-58H,6-8,15-24,30-31H2,1-5H3,(H,59,63)(H,60,64)/t34-,35-,49?,50?/m1/s1. The number of hydrogen-bond acceptors (Lipinski definition) is 14. The molecule has 0 bridgehead atoms. The van der Waals surface area contributed by atoms with Gasteiger partial charge in [0.1, 0.15) is 34.2 Å². The van der Waals surface area contributed by atoms with E-state index in [4.69, 9.17) is 9.47 Å². The Kier molecular flexibility index (Phi) is 20.2. The van der Waals surface area contributed by atoms with E-state index in [0.717, 1.165) is 0 Å². The van der Waals surface area contributed by atoms with Gasteiger partial charge in [-0.3, -0.25) is 9.59 Å². The fourth-order valence-corrected chi connectivity index (χ4v) is 12.4. The van der Waals surface area contributed by atoms with Crippen molar-refractivity contribution in [3.05, 3.63) is 107 Å². The minimum absolute atomic E-state index is 0.247. The molecule has 0 aromatic heterocycles. The van der Waals surface area contributed by atoms with E-state index in [1.165, 1.54) is 55.6 Å². The van der Waals surface area contributed by atoms with Crippen molar-refractivity contribution < 1.29 is 62.2 Å². The van der Waals surface area contributed by atoms with Crippen LogP contribution in [0.5, 0.6) is 0 Å². The summed E-state index contributed by atoms with van der Waals surface area (Å²) in [4.78, 5) is 28.8. The van der Waals surface area contributed by atoms with Crippen LogP contribution in [-0.2, 0) is 45.7 Å². The van der Waals surface area contributed by atoms with Crippen LogP contribution >= 0.6 is 23.5 Å². The van der Waals surface area contributed by atoms with Gasteiger partial charge >= 0.3 is 0 Å². The lowest BCUT2D eigenvalue weighted by Crippen LogP contribution is -2.50. The summed E-state index contributed by atoms with van der Waals surface area (Å²) in [6.45, 7) is 4.57. The molecule has 0 aliphatic carbocycles. The van der Waals surface area contributed by atoms with Crippen LogP contribution in [0.3, 0.4) is 0 Å². The summed E-state index contributed by atoms with van der Waals surface area (Å²) in [6.07, 6.45) is 3.50. The number of anilines is 2. The summed E-state index contributed by atoms with van der Waals surface area (Å²) in [6, 6.07) is 11.8. The van der Waals surface area contributed by atoms with Gasteiger partial charge in [-0.15, -0.1) is 23.5 Å². The number of thioether (sulfide) groups is 2. The molecule has 0 radical (unpaired) electrons. The van der Waals surface area contributed by atoms with E-state index >= 15 is 22.0 Å². The Bertz CT molecular complexity index is 2790. The van der Waals surface area contributed by atoms with Crippen LogP contribution in [0.25, 0.3) is 0 Å². The summed E-state index contributed by atoms with van der Waals surface area (Å²) in [7, 11) is -3.89. The van der Waals surface area contributed by atoms with Gasteiger partial charge < -0.3 is 29.9 Å². The lowest BCUT2D eigenvalue weighted by Gasteiger charge is -2.32. The molecule has 406 valence electrons. The summed E-state index contributed by atoms with van der Waals surface area (Å²) >= 11 is 2.50. The molecule has 2 fully saturated rings. The molecule has 2 heterocycles. The second-order valence-electron chi connectivity index (χ2n) is 19.1. The Morgan fingerprint density at radius 1 is 0.635 bits per heavy atom. The molecule has 0 saturated carbocycles. The number of amides is 2. The topological polar surface area (TPSA) is 175 Å². The monoisotopic (exact) mass is 1120 g/mol. The quantitative estimate of drug-likeness (QED) is 0.0367. The van der Waals surface area contributed by atoms with E-state index in [-0.39, 0.29) is 38.4 Å². The fourth-order valence-electron chi connectivity index (χ4n) is 8.21. The molecule has 4 N–H and O–H groups in total. The predicted molar refractivity (Wildman–Crippen MR) is 273 cm³/mol. The molecule has 2 unspecified atom stereocenters. The van der Waals surface area contributed by atoms with Crippen molar-refractivity contribution in [3.63, 3.8) is 0 Å². The molecular formula is C50H62F6N6O8S4. The van der Waals surface area contributed by atoms with Crippen LogP contribution in [-0.4, -0.2) is 121 Å². The smallest absolute Gasteiger partial charge is 0.265 e. The van der Waals surface area contributed by atoms with E-state index in [9.17, 15) is 30.8 Å². The van der Waals surface area contributed by atoms with Crippen LogP contribution in [0.4, 0.5) is 37.7 Å². The predicted octanol–water partition coefficient (Wildman–Crippen LogP) is 8.67. The van der Waals surface area contributed by atoms with E-state index in [0.29, 0.717) is 97.0 Å². The number of carbonyl (C=O) groups excluding carboxylic acids is 2. The number of rotatable bonds is 25. The highest BCUT2D eigenvalue weighted by Crippen LogP contribution is 2.32. The molecule has 2 aliphatic heterocycles. The van der Waals surface area contributed by atoms with Crippen molar-refractivity contribution in [2.24, 2.45) is 0 Å². The maximum atomic E-state index is 15.6.